The Bertz CT molecular complexity index is 1030. The van der Waals surface area contributed by atoms with Crippen LogP contribution in [0.3, 0.4) is 0 Å². The summed E-state index contributed by atoms with van der Waals surface area (Å²) in [5.41, 5.74) is 3.93. The summed E-state index contributed by atoms with van der Waals surface area (Å²) in [5, 5.41) is 3.84. The van der Waals surface area contributed by atoms with E-state index in [4.69, 9.17) is 0 Å². The van der Waals surface area contributed by atoms with Crippen molar-refractivity contribution in [1.82, 2.24) is 14.8 Å². The number of benzene rings is 2. The van der Waals surface area contributed by atoms with Crippen LogP contribution in [0, 0.1) is 13.8 Å². The average Bonchev–Trinajstić information content (AvgIpc) is 3.14. The number of carbonyl (C=O) groups is 2. The number of thiazole rings is 1. The van der Waals surface area contributed by atoms with Crippen molar-refractivity contribution in [3.8, 4) is 0 Å². The molecule has 7 heteroatoms. The molecule has 158 valence electrons. The Kier molecular flexibility index (Phi) is 6.84. The lowest BCUT2D eigenvalue weighted by Gasteiger charge is -2.26. The highest BCUT2D eigenvalue weighted by Gasteiger charge is 2.22. The van der Waals surface area contributed by atoms with Crippen molar-refractivity contribution >= 4 is 39.1 Å². The van der Waals surface area contributed by atoms with Gasteiger partial charge in [0, 0.05) is 12.7 Å². The third-order valence-electron chi connectivity index (χ3n) is 5.34. The minimum atomic E-state index is -0.138. The van der Waals surface area contributed by atoms with Crippen molar-refractivity contribution in [2.75, 3.05) is 32.5 Å². The Labute approximate surface area is 181 Å². The van der Waals surface area contributed by atoms with Crippen molar-refractivity contribution in [1.29, 1.82) is 0 Å². The SMILES string of the molecule is Cc1cccc(NC(=O)CN(C)CC(=O)N(C)[C@H](C)c2nc3ccccc3s2)c1C. The molecule has 1 atom stereocenters. The zero-order valence-corrected chi connectivity index (χ0v) is 18.9. The predicted octanol–water partition coefficient (Wildman–Crippen LogP) is 4.00. The lowest BCUT2D eigenvalue weighted by Crippen LogP contribution is -2.40. The second-order valence-corrected chi connectivity index (χ2v) is 8.73. The largest absolute Gasteiger partial charge is 0.335 e. The van der Waals surface area contributed by atoms with Gasteiger partial charge >= 0.3 is 0 Å². The quantitative estimate of drug-likeness (QED) is 0.623. The molecular formula is C23H28N4O2S. The van der Waals surface area contributed by atoms with E-state index in [2.05, 4.69) is 10.3 Å². The van der Waals surface area contributed by atoms with Crippen LogP contribution in [0.25, 0.3) is 10.2 Å². The number of aromatic nitrogens is 1. The smallest absolute Gasteiger partial charge is 0.238 e. The second kappa shape index (κ2) is 9.36. The number of rotatable bonds is 7. The third-order valence-corrected chi connectivity index (χ3v) is 6.55. The Balaban J connectivity index is 1.56. The molecule has 3 rings (SSSR count). The molecule has 1 N–H and O–H groups in total. The first-order valence-corrected chi connectivity index (χ1v) is 10.7. The van der Waals surface area contributed by atoms with Gasteiger partial charge < -0.3 is 10.2 Å². The number of fused-ring (bicyclic) bond motifs is 1. The van der Waals surface area contributed by atoms with E-state index in [0.29, 0.717) is 0 Å². The highest BCUT2D eigenvalue weighted by molar-refractivity contribution is 7.18. The molecule has 1 aromatic heterocycles. The fourth-order valence-corrected chi connectivity index (χ4v) is 4.23. The highest BCUT2D eigenvalue weighted by atomic mass is 32.1. The van der Waals surface area contributed by atoms with Gasteiger partial charge in [-0.25, -0.2) is 4.98 Å². The number of amides is 2. The van der Waals surface area contributed by atoms with E-state index in [9.17, 15) is 9.59 Å². The monoisotopic (exact) mass is 424 g/mol. The maximum Gasteiger partial charge on any atom is 0.238 e. The normalized spacial score (nSPS) is 12.2. The Morgan fingerprint density at radius 1 is 1.07 bits per heavy atom. The first-order valence-electron chi connectivity index (χ1n) is 9.92. The van der Waals surface area contributed by atoms with Gasteiger partial charge in [0.2, 0.25) is 11.8 Å². The summed E-state index contributed by atoms with van der Waals surface area (Å²) in [7, 11) is 3.56. The standard InChI is InChI=1S/C23H28N4O2S/c1-15-9-8-11-18(16(15)2)24-21(28)13-26(4)14-22(29)27(5)17(3)23-25-19-10-6-7-12-20(19)30-23/h6-12,17H,13-14H2,1-5H3,(H,24,28)/t17-/m1/s1. The summed E-state index contributed by atoms with van der Waals surface area (Å²) in [5.74, 6) is -0.190. The number of carbonyl (C=O) groups excluding carboxylic acids is 2. The number of hydrogen-bond acceptors (Lipinski definition) is 5. The Hall–Kier alpha value is -2.77. The number of aryl methyl sites for hydroxylation is 1. The topological polar surface area (TPSA) is 65.5 Å². The summed E-state index contributed by atoms with van der Waals surface area (Å²) >= 11 is 1.60. The van der Waals surface area contributed by atoms with Gasteiger partial charge in [-0.2, -0.15) is 0 Å². The van der Waals surface area contributed by atoms with Crippen LogP contribution >= 0.6 is 11.3 Å². The molecule has 0 aliphatic rings. The molecule has 6 nitrogen and oxygen atoms in total. The van der Waals surface area contributed by atoms with Crippen molar-refractivity contribution in [3.63, 3.8) is 0 Å². The van der Waals surface area contributed by atoms with Gasteiger partial charge in [-0.1, -0.05) is 24.3 Å². The number of nitrogens with one attached hydrogen (secondary N) is 1. The van der Waals surface area contributed by atoms with E-state index >= 15 is 0 Å². The molecule has 1 heterocycles. The minimum absolute atomic E-state index is 0.0520. The molecule has 0 saturated carbocycles. The number of nitrogens with zero attached hydrogens (tertiary/aromatic N) is 3. The molecule has 3 aromatic rings. The van der Waals surface area contributed by atoms with Crippen LogP contribution in [0.2, 0.25) is 0 Å². The summed E-state index contributed by atoms with van der Waals surface area (Å²) < 4.78 is 1.11. The first kappa shape index (κ1) is 21.9. The molecule has 30 heavy (non-hydrogen) atoms. The van der Waals surface area contributed by atoms with E-state index < -0.39 is 0 Å². The fraction of sp³-hybridized carbons (Fsp3) is 0.348. The average molecular weight is 425 g/mol. The van der Waals surface area contributed by atoms with Crippen LogP contribution in [-0.4, -0.2) is 53.8 Å². The van der Waals surface area contributed by atoms with Crippen LogP contribution in [0.15, 0.2) is 42.5 Å². The number of anilines is 1. The Morgan fingerprint density at radius 2 is 1.80 bits per heavy atom. The summed E-state index contributed by atoms with van der Waals surface area (Å²) in [4.78, 5) is 33.2. The molecule has 0 radical (unpaired) electrons. The van der Waals surface area contributed by atoms with Crippen LogP contribution in [0.1, 0.15) is 29.1 Å². The van der Waals surface area contributed by atoms with E-state index in [1.807, 2.05) is 63.2 Å². The second-order valence-electron chi connectivity index (χ2n) is 7.67. The number of hydrogen-bond donors (Lipinski definition) is 1. The van der Waals surface area contributed by atoms with Gasteiger partial charge in [-0.15, -0.1) is 11.3 Å². The van der Waals surface area contributed by atoms with Gasteiger partial charge in [-0.3, -0.25) is 14.5 Å². The molecular weight excluding hydrogens is 396 g/mol. The summed E-state index contributed by atoms with van der Waals surface area (Å²) in [6.45, 7) is 6.27. The minimum Gasteiger partial charge on any atom is -0.335 e. The van der Waals surface area contributed by atoms with E-state index in [1.165, 1.54) is 0 Å². The highest BCUT2D eigenvalue weighted by Crippen LogP contribution is 2.28. The van der Waals surface area contributed by atoms with Crippen LogP contribution < -0.4 is 5.32 Å². The molecule has 0 fully saturated rings. The summed E-state index contributed by atoms with van der Waals surface area (Å²) in [6, 6.07) is 13.7. The van der Waals surface area contributed by atoms with Crippen LogP contribution in [-0.2, 0) is 9.59 Å². The van der Waals surface area contributed by atoms with Crippen molar-refractivity contribution in [2.45, 2.75) is 26.8 Å². The zero-order valence-electron chi connectivity index (χ0n) is 18.1. The van der Waals surface area contributed by atoms with E-state index in [-0.39, 0.29) is 30.9 Å². The number of para-hydroxylation sites is 1. The Morgan fingerprint density at radius 3 is 2.53 bits per heavy atom. The molecule has 2 amide bonds. The maximum absolute atomic E-state index is 12.8. The molecule has 0 aliphatic carbocycles. The van der Waals surface area contributed by atoms with Crippen LogP contribution in [0.4, 0.5) is 5.69 Å². The van der Waals surface area contributed by atoms with Gasteiger partial charge in [0.15, 0.2) is 0 Å². The third kappa shape index (κ3) is 5.04. The number of likely N-dealkylation sites (N-methyl/N-ethyl adjacent to an activating group) is 2. The maximum atomic E-state index is 12.8. The molecule has 0 aliphatic heterocycles. The molecule has 0 saturated heterocycles. The van der Waals surface area contributed by atoms with Crippen molar-refractivity contribution < 1.29 is 9.59 Å². The van der Waals surface area contributed by atoms with Crippen molar-refractivity contribution in [2.24, 2.45) is 0 Å². The molecule has 0 spiro atoms. The summed E-state index contributed by atoms with van der Waals surface area (Å²) in [6.07, 6.45) is 0. The fourth-order valence-electron chi connectivity index (χ4n) is 3.17. The predicted molar refractivity (Wildman–Crippen MR) is 123 cm³/mol. The van der Waals surface area contributed by atoms with Gasteiger partial charge in [0.1, 0.15) is 5.01 Å². The van der Waals surface area contributed by atoms with E-state index in [1.54, 1.807) is 35.2 Å². The molecule has 2 aromatic carbocycles. The molecule has 0 bridgehead atoms. The zero-order chi connectivity index (χ0) is 21.8. The van der Waals surface area contributed by atoms with Crippen LogP contribution in [0.5, 0.6) is 0 Å². The van der Waals surface area contributed by atoms with Gasteiger partial charge in [0.05, 0.1) is 29.3 Å². The van der Waals surface area contributed by atoms with Gasteiger partial charge in [-0.05, 0) is 57.1 Å². The van der Waals surface area contributed by atoms with Crippen molar-refractivity contribution in [3.05, 3.63) is 58.6 Å². The lowest BCUT2D eigenvalue weighted by molar-refractivity contribution is -0.133. The molecule has 0 unspecified atom stereocenters. The van der Waals surface area contributed by atoms with Gasteiger partial charge in [0.25, 0.3) is 0 Å². The van der Waals surface area contributed by atoms with E-state index in [0.717, 1.165) is 32.0 Å². The lowest BCUT2D eigenvalue weighted by atomic mass is 10.1. The first-order chi connectivity index (χ1) is 14.3.